The van der Waals surface area contributed by atoms with E-state index in [0.29, 0.717) is 0 Å². The van der Waals surface area contributed by atoms with Crippen LogP contribution < -0.4 is 9.47 Å². The van der Waals surface area contributed by atoms with Crippen molar-refractivity contribution in [3.05, 3.63) is 131 Å². The standard InChI is InChI=1S/C28H22F2O2/c1-31-25-15-7-21(8-16-25)27(19-3-11-23(29)12-4-19)28(20-5-13-24(30)14-6-20)22-9-17-26(32-2)18-10-22/h3-18H,1-2H3/b28-27+. The first-order valence-corrected chi connectivity index (χ1v) is 10.1. The Morgan fingerprint density at radius 1 is 0.438 bits per heavy atom. The van der Waals surface area contributed by atoms with Gasteiger partial charge in [-0.1, -0.05) is 48.5 Å². The van der Waals surface area contributed by atoms with Crippen LogP contribution in [0.5, 0.6) is 11.5 Å². The van der Waals surface area contributed by atoms with Gasteiger partial charge >= 0.3 is 0 Å². The number of benzene rings is 4. The third kappa shape index (κ3) is 4.54. The Morgan fingerprint density at radius 3 is 0.938 bits per heavy atom. The molecule has 0 spiro atoms. The number of ether oxygens (including phenoxy) is 2. The van der Waals surface area contributed by atoms with Gasteiger partial charge in [-0.25, -0.2) is 8.78 Å². The molecule has 32 heavy (non-hydrogen) atoms. The first kappa shape index (κ1) is 21.3. The second-order valence-corrected chi connectivity index (χ2v) is 7.22. The van der Waals surface area contributed by atoms with Gasteiger partial charge in [0.1, 0.15) is 23.1 Å². The fraction of sp³-hybridized carbons (Fsp3) is 0.0714. The molecule has 4 aromatic carbocycles. The van der Waals surface area contributed by atoms with Crippen LogP contribution in [0.25, 0.3) is 11.1 Å². The van der Waals surface area contributed by atoms with Crippen molar-refractivity contribution in [3.8, 4) is 11.5 Å². The highest BCUT2D eigenvalue weighted by Crippen LogP contribution is 2.38. The zero-order chi connectivity index (χ0) is 22.5. The van der Waals surface area contributed by atoms with E-state index < -0.39 is 0 Å². The summed E-state index contributed by atoms with van der Waals surface area (Å²) in [7, 11) is 3.24. The number of hydrogen-bond donors (Lipinski definition) is 0. The van der Waals surface area contributed by atoms with Crippen molar-refractivity contribution in [1.29, 1.82) is 0 Å². The van der Waals surface area contributed by atoms with Gasteiger partial charge in [-0.3, -0.25) is 0 Å². The predicted octanol–water partition coefficient (Wildman–Crippen LogP) is 6.99. The van der Waals surface area contributed by atoms with Crippen LogP contribution in [0.1, 0.15) is 22.3 Å². The van der Waals surface area contributed by atoms with Gasteiger partial charge < -0.3 is 9.47 Å². The van der Waals surface area contributed by atoms with Crippen LogP contribution in [0.2, 0.25) is 0 Å². The largest absolute Gasteiger partial charge is 0.497 e. The van der Waals surface area contributed by atoms with Crippen molar-refractivity contribution < 1.29 is 18.3 Å². The first-order valence-electron chi connectivity index (χ1n) is 10.1. The molecule has 0 saturated carbocycles. The fourth-order valence-corrected chi connectivity index (χ4v) is 3.66. The molecule has 0 unspecified atom stereocenters. The zero-order valence-corrected chi connectivity index (χ0v) is 17.8. The van der Waals surface area contributed by atoms with Crippen LogP contribution >= 0.6 is 0 Å². The minimum Gasteiger partial charge on any atom is -0.497 e. The number of halogens is 2. The summed E-state index contributed by atoms with van der Waals surface area (Å²) >= 11 is 0. The Bertz CT molecular complexity index is 1110. The molecule has 0 saturated heterocycles. The molecule has 4 aromatic rings. The molecule has 4 rings (SSSR count). The molecule has 0 aliphatic carbocycles. The van der Waals surface area contributed by atoms with Gasteiger partial charge in [0, 0.05) is 0 Å². The number of rotatable bonds is 6. The molecule has 0 aliphatic heterocycles. The van der Waals surface area contributed by atoms with Crippen molar-refractivity contribution in [3.63, 3.8) is 0 Å². The molecule has 0 atom stereocenters. The van der Waals surface area contributed by atoms with Crippen LogP contribution in [0, 0.1) is 11.6 Å². The van der Waals surface area contributed by atoms with Gasteiger partial charge in [0.2, 0.25) is 0 Å². The first-order chi connectivity index (χ1) is 15.6. The van der Waals surface area contributed by atoms with Gasteiger partial charge in [0.25, 0.3) is 0 Å². The van der Waals surface area contributed by atoms with Crippen molar-refractivity contribution in [2.75, 3.05) is 14.2 Å². The summed E-state index contributed by atoms with van der Waals surface area (Å²) < 4.78 is 38.1. The molecular formula is C28H22F2O2. The maximum absolute atomic E-state index is 13.7. The summed E-state index contributed by atoms with van der Waals surface area (Å²) in [5.74, 6) is 0.853. The van der Waals surface area contributed by atoms with Gasteiger partial charge in [0.05, 0.1) is 14.2 Å². The zero-order valence-electron chi connectivity index (χ0n) is 17.8. The highest BCUT2D eigenvalue weighted by molar-refractivity contribution is 6.04. The number of hydrogen-bond acceptors (Lipinski definition) is 2. The Morgan fingerprint density at radius 2 is 0.688 bits per heavy atom. The smallest absolute Gasteiger partial charge is 0.123 e. The van der Waals surface area contributed by atoms with Crippen LogP contribution in [0.3, 0.4) is 0 Å². The fourth-order valence-electron chi connectivity index (χ4n) is 3.66. The van der Waals surface area contributed by atoms with Crippen LogP contribution in [0.15, 0.2) is 97.1 Å². The second-order valence-electron chi connectivity index (χ2n) is 7.22. The molecule has 0 fully saturated rings. The quantitative estimate of drug-likeness (QED) is 0.308. The van der Waals surface area contributed by atoms with Crippen molar-refractivity contribution in [1.82, 2.24) is 0 Å². The minimum atomic E-state index is -0.310. The molecule has 2 nitrogen and oxygen atoms in total. The van der Waals surface area contributed by atoms with E-state index in [-0.39, 0.29) is 11.6 Å². The Balaban J connectivity index is 2.04. The molecule has 0 bridgehead atoms. The summed E-state index contributed by atoms with van der Waals surface area (Å²) in [5.41, 5.74) is 5.31. The topological polar surface area (TPSA) is 18.5 Å². The van der Waals surface area contributed by atoms with Gasteiger partial charge in [-0.05, 0) is 81.9 Å². The summed E-state index contributed by atoms with van der Waals surface area (Å²) in [5, 5.41) is 0. The van der Waals surface area contributed by atoms with E-state index in [1.54, 1.807) is 38.5 Å². The molecule has 0 aromatic heterocycles. The van der Waals surface area contributed by atoms with Gasteiger partial charge in [0.15, 0.2) is 0 Å². The Kier molecular flexibility index (Phi) is 6.31. The molecule has 0 N–H and O–H groups in total. The van der Waals surface area contributed by atoms with Crippen molar-refractivity contribution in [2.45, 2.75) is 0 Å². The summed E-state index contributed by atoms with van der Waals surface area (Å²) in [6, 6.07) is 28.2. The SMILES string of the molecule is COc1ccc(/C(=C(\c2ccc(F)cc2)c2ccc(OC)cc2)c2ccc(F)cc2)cc1. The third-order valence-corrected chi connectivity index (χ3v) is 5.27. The normalized spacial score (nSPS) is 11.6. The van der Waals surface area contributed by atoms with E-state index >= 15 is 0 Å². The predicted molar refractivity (Wildman–Crippen MR) is 124 cm³/mol. The molecule has 4 heteroatoms. The highest BCUT2D eigenvalue weighted by atomic mass is 19.1. The van der Waals surface area contributed by atoms with E-state index in [4.69, 9.17) is 9.47 Å². The monoisotopic (exact) mass is 428 g/mol. The van der Waals surface area contributed by atoms with Gasteiger partial charge in [-0.15, -0.1) is 0 Å². The average molecular weight is 428 g/mol. The average Bonchev–Trinajstić information content (AvgIpc) is 2.84. The summed E-state index contributed by atoms with van der Waals surface area (Å²) in [6.45, 7) is 0. The lowest BCUT2D eigenvalue weighted by atomic mass is 9.85. The van der Waals surface area contributed by atoms with Crippen LogP contribution in [0.4, 0.5) is 8.78 Å². The van der Waals surface area contributed by atoms with E-state index in [2.05, 4.69) is 0 Å². The van der Waals surface area contributed by atoms with Gasteiger partial charge in [-0.2, -0.15) is 0 Å². The lowest BCUT2D eigenvalue weighted by molar-refractivity contribution is 0.414. The highest BCUT2D eigenvalue weighted by Gasteiger charge is 2.17. The Hall–Kier alpha value is -3.92. The van der Waals surface area contributed by atoms with Crippen molar-refractivity contribution in [2.24, 2.45) is 0 Å². The molecule has 160 valence electrons. The minimum absolute atomic E-state index is 0.310. The molecule has 0 amide bonds. The number of methoxy groups -OCH3 is 2. The van der Waals surface area contributed by atoms with Crippen molar-refractivity contribution >= 4 is 11.1 Å². The lowest BCUT2D eigenvalue weighted by Gasteiger charge is -2.18. The summed E-state index contributed by atoms with van der Waals surface area (Å²) in [4.78, 5) is 0. The maximum atomic E-state index is 13.7. The molecule has 0 radical (unpaired) electrons. The summed E-state index contributed by atoms with van der Waals surface area (Å²) in [6.07, 6.45) is 0. The van der Waals surface area contributed by atoms with E-state index in [9.17, 15) is 8.78 Å². The van der Waals surface area contributed by atoms with Crippen LogP contribution in [-0.4, -0.2) is 14.2 Å². The second kappa shape index (κ2) is 9.48. The molecule has 0 aliphatic rings. The third-order valence-electron chi connectivity index (χ3n) is 5.27. The molecular weight excluding hydrogens is 406 g/mol. The Labute approximate surface area is 186 Å². The van der Waals surface area contributed by atoms with E-state index in [0.717, 1.165) is 44.9 Å². The molecule has 0 heterocycles. The van der Waals surface area contributed by atoms with E-state index in [1.807, 2.05) is 48.5 Å². The maximum Gasteiger partial charge on any atom is 0.123 e. The van der Waals surface area contributed by atoms with E-state index in [1.165, 1.54) is 24.3 Å². The lowest BCUT2D eigenvalue weighted by Crippen LogP contribution is -1.98. The van der Waals surface area contributed by atoms with Crippen LogP contribution in [-0.2, 0) is 0 Å².